The van der Waals surface area contributed by atoms with E-state index in [1.54, 1.807) is 13.8 Å². The summed E-state index contributed by atoms with van der Waals surface area (Å²) in [5.41, 5.74) is 0.0175. The van der Waals surface area contributed by atoms with Crippen LogP contribution >= 0.6 is 0 Å². The van der Waals surface area contributed by atoms with Gasteiger partial charge in [-0.15, -0.1) is 0 Å². The lowest BCUT2D eigenvalue weighted by molar-refractivity contribution is -0.144. The van der Waals surface area contributed by atoms with E-state index in [1.807, 2.05) is 0 Å². The maximum Gasteiger partial charge on any atom is 0.307 e. The Labute approximate surface area is 245 Å². The van der Waals surface area contributed by atoms with E-state index in [0.717, 1.165) is 0 Å². The van der Waals surface area contributed by atoms with Crippen LogP contribution in [0.3, 0.4) is 0 Å². The van der Waals surface area contributed by atoms with Gasteiger partial charge in [0.1, 0.15) is 11.5 Å². The Morgan fingerprint density at radius 2 is 0.977 bits per heavy atom. The summed E-state index contributed by atoms with van der Waals surface area (Å²) >= 11 is 0. The van der Waals surface area contributed by atoms with Crippen molar-refractivity contribution in [1.82, 2.24) is 10.6 Å². The number of Topliss-reactive ketones (excluding diaryl/α,β-unsaturated/α-hetero) is 4. The van der Waals surface area contributed by atoms with Gasteiger partial charge in [0.15, 0.2) is 35.0 Å². The molecule has 2 unspecified atom stereocenters. The quantitative estimate of drug-likeness (QED) is 0.269. The molecule has 2 N–H and O–H groups in total. The van der Waals surface area contributed by atoms with Gasteiger partial charge in [-0.05, 0) is 50.2 Å². The molecule has 2 aromatic rings. The summed E-state index contributed by atoms with van der Waals surface area (Å²) in [5, 5.41) is 4.81. The first-order chi connectivity index (χ1) is 20.6. The highest BCUT2D eigenvalue weighted by atomic mass is 16.5. The highest BCUT2D eigenvalue weighted by molar-refractivity contribution is 6.36. The summed E-state index contributed by atoms with van der Waals surface area (Å²) in [6.45, 7) is 3.45. The third-order valence-electron chi connectivity index (χ3n) is 6.72. The predicted octanol–water partition coefficient (Wildman–Crippen LogP) is 1.61. The zero-order chi connectivity index (χ0) is 31.3. The van der Waals surface area contributed by atoms with Crippen LogP contribution in [-0.4, -0.2) is 73.2 Å². The van der Waals surface area contributed by atoms with E-state index in [4.69, 9.17) is 14.2 Å². The number of carbonyl (C=O) groups is 8. The minimum absolute atomic E-state index is 0.0278. The average Bonchev–Trinajstić information content (AvgIpc) is 3.36. The van der Waals surface area contributed by atoms with Gasteiger partial charge in [-0.1, -0.05) is 0 Å². The van der Waals surface area contributed by atoms with Crippen molar-refractivity contribution in [2.75, 3.05) is 26.3 Å². The molecule has 2 aliphatic carbocycles. The molecular formula is C30H28N2O11. The molecule has 0 spiro atoms. The van der Waals surface area contributed by atoms with Gasteiger partial charge in [0, 0.05) is 35.3 Å². The molecule has 224 valence electrons. The minimum Gasteiger partial charge on any atom is -0.466 e. The van der Waals surface area contributed by atoms with Gasteiger partial charge < -0.3 is 24.8 Å². The van der Waals surface area contributed by atoms with Gasteiger partial charge in [-0.3, -0.25) is 38.4 Å². The fourth-order valence-corrected chi connectivity index (χ4v) is 4.73. The number of nitrogens with one attached hydrogen (secondary N) is 2. The van der Waals surface area contributed by atoms with E-state index < -0.39 is 58.7 Å². The number of carbonyl (C=O) groups excluding carboxylic acids is 8. The molecule has 0 heterocycles. The highest BCUT2D eigenvalue weighted by Gasteiger charge is 2.45. The SMILES string of the molecule is CCOC(=O)CCNC(=O)C1C(=O)c2ccc(Oc3ccc4c(c3)C(=O)C(C(=O)NCCC(=O)OCC)C4=O)cc2C1=O. The number of benzene rings is 2. The second-order valence-corrected chi connectivity index (χ2v) is 9.53. The van der Waals surface area contributed by atoms with Crippen LogP contribution in [-0.2, 0) is 28.7 Å². The first kappa shape index (κ1) is 30.8. The van der Waals surface area contributed by atoms with Crippen LogP contribution in [0, 0.1) is 11.8 Å². The van der Waals surface area contributed by atoms with Crippen LogP contribution in [0.15, 0.2) is 36.4 Å². The van der Waals surface area contributed by atoms with Crippen LogP contribution in [0.25, 0.3) is 0 Å². The molecule has 2 amide bonds. The molecular weight excluding hydrogens is 564 g/mol. The Morgan fingerprint density at radius 1 is 0.605 bits per heavy atom. The number of hydrogen-bond acceptors (Lipinski definition) is 11. The van der Waals surface area contributed by atoms with Gasteiger partial charge in [-0.2, -0.15) is 0 Å². The molecule has 2 aliphatic rings. The Kier molecular flexibility index (Phi) is 9.43. The summed E-state index contributed by atoms with van der Waals surface area (Å²) in [6, 6.07) is 8.09. The van der Waals surface area contributed by atoms with Crippen LogP contribution in [0.2, 0.25) is 0 Å². The summed E-state index contributed by atoms with van der Waals surface area (Å²) in [5.74, 6) is -8.52. The molecule has 43 heavy (non-hydrogen) atoms. The van der Waals surface area contributed by atoms with Gasteiger partial charge in [0.25, 0.3) is 0 Å². The molecule has 0 aromatic heterocycles. The number of amides is 2. The Bertz CT molecular complexity index is 1430. The fourth-order valence-electron chi connectivity index (χ4n) is 4.73. The Morgan fingerprint density at radius 3 is 1.35 bits per heavy atom. The van der Waals surface area contributed by atoms with E-state index in [-0.39, 0.29) is 72.9 Å². The highest BCUT2D eigenvalue weighted by Crippen LogP contribution is 2.35. The lowest BCUT2D eigenvalue weighted by Gasteiger charge is -2.09. The normalized spacial score (nSPS) is 16.8. The minimum atomic E-state index is -1.60. The first-order valence-electron chi connectivity index (χ1n) is 13.6. The van der Waals surface area contributed by atoms with Crippen molar-refractivity contribution in [3.63, 3.8) is 0 Å². The number of esters is 2. The number of ether oxygens (including phenoxy) is 3. The van der Waals surface area contributed by atoms with E-state index in [2.05, 4.69) is 10.6 Å². The van der Waals surface area contributed by atoms with Crippen molar-refractivity contribution < 1.29 is 52.6 Å². The molecule has 0 fully saturated rings. The molecule has 0 radical (unpaired) electrons. The lowest BCUT2D eigenvalue weighted by atomic mass is 10.0. The summed E-state index contributed by atoms with van der Waals surface area (Å²) in [7, 11) is 0. The second-order valence-electron chi connectivity index (χ2n) is 9.53. The molecule has 2 aromatic carbocycles. The number of fused-ring (bicyclic) bond motifs is 2. The van der Waals surface area contributed by atoms with E-state index >= 15 is 0 Å². The summed E-state index contributed by atoms with van der Waals surface area (Å²) < 4.78 is 15.3. The molecule has 13 heteroatoms. The van der Waals surface area contributed by atoms with Crippen LogP contribution < -0.4 is 15.4 Å². The standard InChI is InChI=1S/C30H28N2O11/c1-3-41-21(33)9-11-31-29(39)23-25(35)17-7-5-15(13-19(17)27(23)37)43-16-6-8-18-20(14-16)28(38)24(26(18)36)30(40)32-12-10-22(34)42-4-2/h5-8,13-14,23-24H,3-4,9-12H2,1-2H3,(H,31,39)(H,32,40). The molecule has 4 rings (SSSR count). The lowest BCUT2D eigenvalue weighted by Crippen LogP contribution is -2.37. The van der Waals surface area contributed by atoms with E-state index in [1.165, 1.54) is 36.4 Å². The van der Waals surface area contributed by atoms with Crippen molar-refractivity contribution in [1.29, 1.82) is 0 Å². The smallest absolute Gasteiger partial charge is 0.307 e. The maximum atomic E-state index is 13.0. The predicted molar refractivity (Wildman–Crippen MR) is 146 cm³/mol. The van der Waals surface area contributed by atoms with Crippen molar-refractivity contribution in [2.45, 2.75) is 26.7 Å². The molecule has 0 aliphatic heterocycles. The van der Waals surface area contributed by atoms with Gasteiger partial charge in [0.05, 0.1) is 26.1 Å². The van der Waals surface area contributed by atoms with Crippen molar-refractivity contribution in [3.8, 4) is 11.5 Å². The second kappa shape index (κ2) is 13.2. The summed E-state index contributed by atoms with van der Waals surface area (Å²) in [4.78, 5) is 99.5. The van der Waals surface area contributed by atoms with E-state index in [0.29, 0.717) is 0 Å². The van der Waals surface area contributed by atoms with Crippen molar-refractivity contribution >= 4 is 46.9 Å². The zero-order valence-corrected chi connectivity index (χ0v) is 23.4. The van der Waals surface area contributed by atoms with Crippen LogP contribution in [0.1, 0.15) is 68.1 Å². The van der Waals surface area contributed by atoms with Crippen molar-refractivity contribution in [3.05, 3.63) is 58.7 Å². The molecule has 2 atom stereocenters. The molecule has 0 saturated carbocycles. The van der Waals surface area contributed by atoms with Gasteiger partial charge in [-0.25, -0.2) is 0 Å². The third kappa shape index (κ3) is 6.50. The van der Waals surface area contributed by atoms with Gasteiger partial charge >= 0.3 is 11.9 Å². The molecule has 0 saturated heterocycles. The average molecular weight is 593 g/mol. The largest absolute Gasteiger partial charge is 0.466 e. The topological polar surface area (TPSA) is 188 Å². The van der Waals surface area contributed by atoms with Gasteiger partial charge in [0.2, 0.25) is 11.8 Å². The Balaban J connectivity index is 1.42. The first-order valence-corrected chi connectivity index (χ1v) is 13.6. The number of rotatable bonds is 12. The maximum absolute atomic E-state index is 13.0. The molecule has 13 nitrogen and oxygen atoms in total. The number of ketones is 4. The Hall–Kier alpha value is -5.20. The third-order valence-corrected chi connectivity index (χ3v) is 6.72. The monoisotopic (exact) mass is 592 g/mol. The van der Waals surface area contributed by atoms with Crippen molar-refractivity contribution in [2.24, 2.45) is 11.8 Å². The van der Waals surface area contributed by atoms with E-state index in [9.17, 15) is 38.4 Å². The summed E-state index contributed by atoms with van der Waals surface area (Å²) in [6.07, 6.45) is -0.231. The zero-order valence-electron chi connectivity index (χ0n) is 23.4. The number of hydrogen-bond donors (Lipinski definition) is 2. The molecule has 0 bridgehead atoms. The van der Waals surface area contributed by atoms with Crippen LogP contribution in [0.5, 0.6) is 11.5 Å². The van der Waals surface area contributed by atoms with Crippen LogP contribution in [0.4, 0.5) is 0 Å². The fraction of sp³-hybridized carbons (Fsp3) is 0.333.